The number of ether oxygens (including phenoxy) is 2. The van der Waals surface area contributed by atoms with Crippen LogP contribution in [0.4, 0.5) is 0 Å². The molecule has 0 radical (unpaired) electrons. The molecule has 0 N–H and O–H groups in total. The first-order valence-corrected chi connectivity index (χ1v) is 9.96. The van der Waals surface area contributed by atoms with Gasteiger partial charge in [-0.1, -0.05) is 64.7 Å². The van der Waals surface area contributed by atoms with Gasteiger partial charge in [-0.2, -0.15) is 0 Å². The molecule has 1 fully saturated rings. The summed E-state index contributed by atoms with van der Waals surface area (Å²) in [5, 5.41) is 0. The Labute approximate surface area is 147 Å². The molecule has 2 atom stereocenters. The number of cyclic esters (lactones) is 1. The van der Waals surface area contributed by atoms with Gasteiger partial charge in [0.2, 0.25) is 0 Å². The van der Waals surface area contributed by atoms with Crippen molar-refractivity contribution < 1.29 is 19.1 Å². The quantitative estimate of drug-likeness (QED) is 0.304. The van der Waals surface area contributed by atoms with Crippen molar-refractivity contribution in [2.75, 3.05) is 7.11 Å². The highest BCUT2D eigenvalue weighted by molar-refractivity contribution is 5.78. The van der Waals surface area contributed by atoms with Crippen LogP contribution in [0.1, 0.15) is 96.8 Å². The van der Waals surface area contributed by atoms with Gasteiger partial charge < -0.3 is 9.47 Å². The summed E-state index contributed by atoms with van der Waals surface area (Å²) in [4.78, 5) is 22.6. The molecule has 4 nitrogen and oxygen atoms in total. The van der Waals surface area contributed by atoms with Crippen molar-refractivity contribution in [3.05, 3.63) is 0 Å². The SMILES string of the molecule is CCCCCCCCC1OC(=O)C1CCCCCCCC(=O)OC. The van der Waals surface area contributed by atoms with Crippen molar-refractivity contribution in [3.63, 3.8) is 0 Å². The van der Waals surface area contributed by atoms with Gasteiger partial charge >= 0.3 is 11.9 Å². The normalized spacial score (nSPS) is 19.7. The van der Waals surface area contributed by atoms with Crippen molar-refractivity contribution in [3.8, 4) is 0 Å². The van der Waals surface area contributed by atoms with Crippen LogP contribution in [0.2, 0.25) is 0 Å². The van der Waals surface area contributed by atoms with E-state index < -0.39 is 0 Å². The van der Waals surface area contributed by atoms with Crippen LogP contribution >= 0.6 is 0 Å². The Morgan fingerprint density at radius 2 is 1.50 bits per heavy atom. The predicted octanol–water partition coefficient (Wildman–Crippen LogP) is 5.18. The third kappa shape index (κ3) is 8.70. The minimum atomic E-state index is -0.121. The number of hydrogen-bond donors (Lipinski definition) is 0. The molecule has 24 heavy (non-hydrogen) atoms. The zero-order valence-corrected chi connectivity index (χ0v) is 15.7. The second-order valence-corrected chi connectivity index (χ2v) is 7.02. The number of unbranched alkanes of at least 4 members (excludes halogenated alkanes) is 9. The van der Waals surface area contributed by atoms with Gasteiger partial charge in [-0.3, -0.25) is 9.59 Å². The lowest BCUT2D eigenvalue weighted by molar-refractivity contribution is -0.186. The molecule has 0 aromatic heterocycles. The maximum absolute atomic E-state index is 11.6. The number of carbonyl (C=O) groups excluding carboxylic acids is 2. The maximum Gasteiger partial charge on any atom is 0.313 e. The zero-order chi connectivity index (χ0) is 17.6. The highest BCUT2D eigenvalue weighted by atomic mass is 16.6. The highest BCUT2D eigenvalue weighted by Crippen LogP contribution is 2.31. The van der Waals surface area contributed by atoms with Gasteiger partial charge in [0, 0.05) is 6.42 Å². The van der Waals surface area contributed by atoms with E-state index in [0.29, 0.717) is 6.42 Å². The van der Waals surface area contributed by atoms with Crippen molar-refractivity contribution >= 4 is 11.9 Å². The largest absolute Gasteiger partial charge is 0.469 e. The number of methoxy groups -OCH3 is 1. The zero-order valence-electron chi connectivity index (χ0n) is 15.7. The summed E-state index contributed by atoms with van der Waals surface area (Å²) in [6.07, 6.45) is 15.7. The summed E-state index contributed by atoms with van der Waals surface area (Å²) in [7, 11) is 1.43. The third-order valence-corrected chi connectivity index (χ3v) is 4.98. The minimum absolute atomic E-state index is 0.0108. The molecule has 0 amide bonds. The number of carbonyl (C=O) groups is 2. The Balaban J connectivity index is 1.97. The van der Waals surface area contributed by atoms with E-state index in [-0.39, 0.29) is 24.0 Å². The smallest absolute Gasteiger partial charge is 0.313 e. The van der Waals surface area contributed by atoms with Gasteiger partial charge in [0.1, 0.15) is 6.10 Å². The molecule has 1 aliphatic heterocycles. The predicted molar refractivity (Wildman–Crippen MR) is 95.7 cm³/mol. The summed E-state index contributed by atoms with van der Waals surface area (Å²) in [6, 6.07) is 0. The van der Waals surface area contributed by atoms with Crippen LogP contribution in [0.3, 0.4) is 0 Å². The topological polar surface area (TPSA) is 52.6 Å². The van der Waals surface area contributed by atoms with E-state index >= 15 is 0 Å². The standard InChI is InChI=1S/C20H36O4/c1-3-4-5-6-9-12-15-18-17(20(22)24-18)14-11-8-7-10-13-16-19(21)23-2/h17-18H,3-16H2,1-2H3. The molecule has 0 spiro atoms. The van der Waals surface area contributed by atoms with Gasteiger partial charge in [0.05, 0.1) is 13.0 Å². The molecule has 0 aromatic carbocycles. The molecular weight excluding hydrogens is 304 g/mol. The second kappa shape index (κ2) is 13.3. The van der Waals surface area contributed by atoms with Gasteiger partial charge in [-0.25, -0.2) is 0 Å². The maximum atomic E-state index is 11.6. The van der Waals surface area contributed by atoms with Gasteiger partial charge in [-0.05, 0) is 25.7 Å². The van der Waals surface area contributed by atoms with E-state index in [4.69, 9.17) is 4.74 Å². The summed E-state index contributed by atoms with van der Waals surface area (Å²) in [5.41, 5.74) is 0. The summed E-state index contributed by atoms with van der Waals surface area (Å²) in [6.45, 7) is 2.23. The average molecular weight is 341 g/mol. The van der Waals surface area contributed by atoms with Crippen LogP contribution in [0, 0.1) is 5.92 Å². The fourth-order valence-corrected chi connectivity index (χ4v) is 3.35. The number of rotatable bonds is 15. The molecule has 4 heteroatoms. The molecule has 140 valence electrons. The Morgan fingerprint density at radius 1 is 0.917 bits per heavy atom. The molecule has 0 saturated carbocycles. The lowest BCUT2D eigenvalue weighted by Gasteiger charge is -2.35. The minimum Gasteiger partial charge on any atom is -0.469 e. The van der Waals surface area contributed by atoms with Crippen LogP contribution in [0.15, 0.2) is 0 Å². The van der Waals surface area contributed by atoms with Crippen LogP contribution < -0.4 is 0 Å². The van der Waals surface area contributed by atoms with E-state index in [1.807, 2.05) is 0 Å². The molecule has 0 bridgehead atoms. The average Bonchev–Trinajstić information content (AvgIpc) is 2.58. The number of esters is 2. The fourth-order valence-electron chi connectivity index (χ4n) is 3.35. The summed E-state index contributed by atoms with van der Waals surface area (Å²) < 4.78 is 9.95. The van der Waals surface area contributed by atoms with E-state index in [1.165, 1.54) is 45.6 Å². The molecule has 2 unspecified atom stereocenters. The van der Waals surface area contributed by atoms with E-state index in [9.17, 15) is 9.59 Å². The summed E-state index contributed by atoms with van der Waals surface area (Å²) in [5.74, 6) is 0.0390. The van der Waals surface area contributed by atoms with Crippen molar-refractivity contribution in [2.45, 2.75) is 103 Å². The van der Waals surface area contributed by atoms with E-state index in [0.717, 1.165) is 44.9 Å². The molecule has 0 aliphatic carbocycles. The fraction of sp³-hybridized carbons (Fsp3) is 0.900. The monoisotopic (exact) mass is 340 g/mol. The summed E-state index contributed by atoms with van der Waals surface area (Å²) >= 11 is 0. The van der Waals surface area contributed by atoms with Crippen molar-refractivity contribution in [1.82, 2.24) is 0 Å². The molecule has 1 heterocycles. The highest BCUT2D eigenvalue weighted by Gasteiger charge is 2.40. The molecule has 1 rings (SSSR count). The lowest BCUT2D eigenvalue weighted by Crippen LogP contribution is -2.44. The van der Waals surface area contributed by atoms with Crippen molar-refractivity contribution in [1.29, 1.82) is 0 Å². The van der Waals surface area contributed by atoms with Crippen LogP contribution in [-0.4, -0.2) is 25.2 Å². The second-order valence-electron chi connectivity index (χ2n) is 7.02. The number of hydrogen-bond acceptors (Lipinski definition) is 4. The lowest BCUT2D eigenvalue weighted by atomic mass is 9.87. The van der Waals surface area contributed by atoms with Gasteiger partial charge in [0.25, 0.3) is 0 Å². The molecule has 1 saturated heterocycles. The first-order valence-electron chi connectivity index (χ1n) is 9.96. The molecule has 0 aromatic rings. The Bertz CT molecular complexity index is 354. The van der Waals surface area contributed by atoms with E-state index in [1.54, 1.807) is 0 Å². The van der Waals surface area contributed by atoms with Crippen molar-refractivity contribution in [2.24, 2.45) is 5.92 Å². The Kier molecular flexibility index (Phi) is 11.6. The first kappa shape index (κ1) is 21.0. The van der Waals surface area contributed by atoms with Crippen LogP contribution in [0.5, 0.6) is 0 Å². The Hall–Kier alpha value is -1.06. The van der Waals surface area contributed by atoms with E-state index in [2.05, 4.69) is 11.7 Å². The third-order valence-electron chi connectivity index (χ3n) is 4.98. The first-order chi connectivity index (χ1) is 11.7. The Morgan fingerprint density at radius 3 is 2.12 bits per heavy atom. The van der Waals surface area contributed by atoms with Gasteiger partial charge in [0.15, 0.2) is 0 Å². The van der Waals surface area contributed by atoms with Gasteiger partial charge in [-0.15, -0.1) is 0 Å². The molecular formula is C20H36O4. The molecule has 1 aliphatic rings. The van der Waals surface area contributed by atoms with Crippen LogP contribution in [-0.2, 0) is 19.1 Å². The van der Waals surface area contributed by atoms with Crippen LogP contribution in [0.25, 0.3) is 0 Å².